The number of allylic oxidation sites excluding steroid dienone is 2. The van der Waals surface area contributed by atoms with Gasteiger partial charge in [0, 0.05) is 23.7 Å². The molecule has 5 rings (SSSR count). The Morgan fingerprint density at radius 3 is 2.36 bits per heavy atom. The van der Waals surface area contributed by atoms with Crippen LogP contribution in [0.5, 0.6) is 0 Å². The van der Waals surface area contributed by atoms with Gasteiger partial charge in [0.25, 0.3) is 0 Å². The van der Waals surface area contributed by atoms with Gasteiger partial charge in [0.05, 0.1) is 16.3 Å². The topological polar surface area (TPSA) is 106 Å². The average Bonchev–Trinajstić information content (AvgIpc) is 3.49. The zero-order valence-electron chi connectivity index (χ0n) is 27.7. The predicted octanol–water partition coefficient (Wildman–Crippen LogP) is 8.20. The van der Waals surface area contributed by atoms with Crippen LogP contribution in [0, 0.1) is 23.7 Å². The summed E-state index contributed by atoms with van der Waals surface area (Å²) in [5.41, 5.74) is 4.91. The molecule has 7 nitrogen and oxygen atoms in total. The summed E-state index contributed by atoms with van der Waals surface area (Å²) >= 11 is 1.66. The van der Waals surface area contributed by atoms with Crippen LogP contribution < -0.4 is 0 Å². The molecule has 8 heteroatoms. The van der Waals surface area contributed by atoms with Crippen molar-refractivity contribution >= 4 is 29.4 Å². The highest BCUT2D eigenvalue weighted by molar-refractivity contribution is 8.03. The van der Waals surface area contributed by atoms with Gasteiger partial charge in [-0.15, -0.1) is 11.8 Å². The number of aryl methyl sites for hydroxylation is 1. The Labute approximate surface area is 272 Å². The highest BCUT2D eigenvalue weighted by Gasteiger charge is 2.36. The third kappa shape index (κ3) is 7.89. The molecule has 0 aliphatic heterocycles. The van der Waals surface area contributed by atoms with E-state index in [4.69, 9.17) is 13.9 Å². The van der Waals surface area contributed by atoms with Crippen LogP contribution in [0.4, 0.5) is 0 Å². The van der Waals surface area contributed by atoms with Gasteiger partial charge in [0.15, 0.2) is 12.6 Å². The first-order valence-electron chi connectivity index (χ1n) is 17.1. The first kappa shape index (κ1) is 34.2. The molecule has 1 aromatic heterocycles. The first-order valence-corrected chi connectivity index (χ1v) is 18.0. The van der Waals surface area contributed by atoms with Crippen molar-refractivity contribution in [1.82, 2.24) is 0 Å². The molecule has 4 unspecified atom stereocenters. The van der Waals surface area contributed by atoms with Crippen LogP contribution in [0.2, 0.25) is 0 Å². The lowest BCUT2D eigenvalue weighted by molar-refractivity contribution is -0.165. The summed E-state index contributed by atoms with van der Waals surface area (Å²) in [6.45, 7) is 10.2. The number of hydrogen-bond acceptors (Lipinski definition) is 8. The zero-order valence-corrected chi connectivity index (χ0v) is 28.5. The van der Waals surface area contributed by atoms with Crippen molar-refractivity contribution in [2.75, 3.05) is 0 Å². The monoisotopic (exact) mass is 640 g/mol. The van der Waals surface area contributed by atoms with Crippen molar-refractivity contribution in [1.29, 1.82) is 0 Å². The molecule has 4 atom stereocenters. The summed E-state index contributed by atoms with van der Waals surface area (Å²) in [7, 11) is 0. The second kappa shape index (κ2) is 15.2. The molecule has 4 aliphatic carbocycles. The van der Waals surface area contributed by atoms with E-state index < -0.39 is 12.6 Å². The number of ketones is 1. The number of aliphatic hydroxyl groups is 2. The molecule has 248 valence electrons. The largest absolute Gasteiger partial charge is 0.464 e. The second-order valence-electron chi connectivity index (χ2n) is 13.7. The van der Waals surface area contributed by atoms with E-state index in [0.717, 1.165) is 92.5 Å². The van der Waals surface area contributed by atoms with E-state index in [-0.39, 0.29) is 40.8 Å². The maximum Gasteiger partial charge on any atom is 0.200 e. The molecule has 0 bridgehead atoms. The van der Waals surface area contributed by atoms with Gasteiger partial charge < -0.3 is 28.9 Å². The minimum absolute atomic E-state index is 0.0112. The Hall–Kier alpha value is -2.13. The molecule has 1 aromatic rings. The smallest absolute Gasteiger partial charge is 0.200 e. The Balaban J connectivity index is 1.36. The van der Waals surface area contributed by atoms with Gasteiger partial charge in [-0.05, 0) is 134 Å². The van der Waals surface area contributed by atoms with Gasteiger partial charge in [-0.3, -0.25) is 4.79 Å². The minimum atomic E-state index is -0.962. The first-order chi connectivity index (χ1) is 21.6. The van der Waals surface area contributed by atoms with Crippen molar-refractivity contribution < 1.29 is 33.7 Å². The molecule has 2 saturated carbocycles. The van der Waals surface area contributed by atoms with Crippen molar-refractivity contribution in [2.45, 2.75) is 136 Å². The van der Waals surface area contributed by atoms with Gasteiger partial charge >= 0.3 is 0 Å². The number of ether oxygens (including phenoxy) is 2. The Morgan fingerprint density at radius 1 is 1.04 bits per heavy atom. The highest BCUT2D eigenvalue weighted by Crippen LogP contribution is 2.47. The highest BCUT2D eigenvalue weighted by atomic mass is 32.2. The lowest BCUT2D eigenvalue weighted by atomic mass is 9.80. The number of furan rings is 1. The number of aldehydes is 1. The number of fused-ring (bicyclic) bond motifs is 1. The molecule has 45 heavy (non-hydrogen) atoms. The van der Waals surface area contributed by atoms with E-state index >= 15 is 0 Å². The van der Waals surface area contributed by atoms with Gasteiger partial charge in [-0.25, -0.2) is 0 Å². The molecule has 1 heterocycles. The molecule has 4 aliphatic rings. The van der Waals surface area contributed by atoms with E-state index in [1.165, 1.54) is 16.7 Å². The lowest BCUT2D eigenvalue weighted by Gasteiger charge is -2.36. The minimum Gasteiger partial charge on any atom is -0.464 e. The number of thioether (sulfide) groups is 1. The number of aliphatic hydroxyl groups excluding tert-OH is 2. The fraction of sp³-hybridized carbons (Fsp3) is 0.676. The van der Waals surface area contributed by atoms with Gasteiger partial charge in [-0.1, -0.05) is 12.5 Å². The number of carbonyl (C=O) groups excluding carboxylic acids is 2. The maximum absolute atomic E-state index is 11.9. The molecule has 2 N–H and O–H groups in total. The summed E-state index contributed by atoms with van der Waals surface area (Å²) in [5, 5.41) is 22.4. The normalized spacial score (nSPS) is 29.5. The van der Waals surface area contributed by atoms with E-state index in [1.807, 2.05) is 6.08 Å². The van der Waals surface area contributed by atoms with E-state index in [9.17, 15) is 19.8 Å². The Morgan fingerprint density at radius 2 is 1.71 bits per heavy atom. The van der Waals surface area contributed by atoms with Gasteiger partial charge in [0.2, 0.25) is 0 Å². The van der Waals surface area contributed by atoms with Crippen LogP contribution >= 0.6 is 11.8 Å². The van der Waals surface area contributed by atoms with E-state index in [1.54, 1.807) is 18.7 Å². The standard InChI is InChI=1S/C37H52O7S/c1-6-30-31(43-36(40)27-11-8-25(20-38)9-12-27)17-18-32(44-37(41)28-15-13-26(14-16-28)23(4)39)35(30)45-24(5)33-19-29-10-7-21(2)22(3)34(29)42-33/h18-20,24-28,31,36-37,40-41H,6-17H2,1-5H3. The lowest BCUT2D eigenvalue weighted by Crippen LogP contribution is -2.34. The summed E-state index contributed by atoms with van der Waals surface area (Å²) in [4.78, 5) is 24.1. The zero-order chi connectivity index (χ0) is 32.2. The number of Topliss-reactive ketones (excluding diaryl/α,β-unsaturated/α-hetero) is 1. The summed E-state index contributed by atoms with van der Waals surface area (Å²) < 4.78 is 19.2. The van der Waals surface area contributed by atoms with Crippen LogP contribution in [-0.2, 0) is 25.5 Å². The van der Waals surface area contributed by atoms with Gasteiger partial charge in [-0.2, -0.15) is 0 Å². The van der Waals surface area contributed by atoms with E-state index in [2.05, 4.69) is 33.8 Å². The van der Waals surface area contributed by atoms with Crippen molar-refractivity contribution in [2.24, 2.45) is 23.7 Å². The van der Waals surface area contributed by atoms with Crippen molar-refractivity contribution in [3.8, 4) is 0 Å². The summed E-state index contributed by atoms with van der Waals surface area (Å²) in [6, 6.07) is 2.19. The van der Waals surface area contributed by atoms with Crippen LogP contribution in [0.1, 0.15) is 128 Å². The van der Waals surface area contributed by atoms with Crippen LogP contribution in [-0.4, -0.2) is 41.0 Å². The number of carbonyl (C=O) groups is 2. The SMILES string of the molecule is CCC1=C(SC(C)c2cc3c(o2)C(C)=C(C)CC3)C(OC(O)C2CCC(C(C)=O)CC2)=CCC1OC(O)C1CCC(C=O)CC1. The van der Waals surface area contributed by atoms with Crippen LogP contribution in [0.3, 0.4) is 0 Å². The van der Waals surface area contributed by atoms with E-state index in [0.29, 0.717) is 18.6 Å². The van der Waals surface area contributed by atoms with Crippen LogP contribution in [0.25, 0.3) is 5.57 Å². The molecule has 0 aromatic carbocycles. The third-order valence-corrected chi connectivity index (χ3v) is 12.1. The van der Waals surface area contributed by atoms with Crippen LogP contribution in [0.15, 0.2) is 38.4 Å². The summed E-state index contributed by atoms with van der Waals surface area (Å²) in [6.07, 6.45) is 10.4. The molecule has 0 amide bonds. The fourth-order valence-corrected chi connectivity index (χ4v) is 8.75. The molecular formula is C37H52O7S. The molecule has 0 spiro atoms. The summed E-state index contributed by atoms with van der Waals surface area (Å²) in [5.74, 6) is 2.95. The predicted molar refractivity (Wildman–Crippen MR) is 177 cm³/mol. The second-order valence-corrected chi connectivity index (χ2v) is 15.1. The molecule has 2 fully saturated rings. The Bertz CT molecular complexity index is 1310. The number of hydrogen-bond donors (Lipinski definition) is 2. The Kier molecular flexibility index (Phi) is 11.5. The fourth-order valence-electron chi connectivity index (χ4n) is 7.49. The number of rotatable bonds is 12. The third-order valence-electron chi connectivity index (χ3n) is 10.8. The maximum atomic E-state index is 11.9. The molecule has 0 radical (unpaired) electrons. The van der Waals surface area contributed by atoms with Gasteiger partial charge in [0.1, 0.15) is 29.3 Å². The molecular weight excluding hydrogens is 588 g/mol. The van der Waals surface area contributed by atoms with Crippen molar-refractivity contribution in [3.63, 3.8) is 0 Å². The molecule has 0 saturated heterocycles. The quantitative estimate of drug-likeness (QED) is 0.174. The average molecular weight is 641 g/mol. The van der Waals surface area contributed by atoms with Crippen molar-refractivity contribution in [3.05, 3.63) is 51.0 Å².